The summed E-state index contributed by atoms with van der Waals surface area (Å²) < 4.78 is 29.9. The summed E-state index contributed by atoms with van der Waals surface area (Å²) in [5, 5.41) is 0.0156. The summed E-state index contributed by atoms with van der Waals surface area (Å²) in [6.07, 6.45) is 5.51. The smallest absolute Gasteiger partial charge is 0.264 e. The minimum atomic E-state index is -3.93. The van der Waals surface area contributed by atoms with Gasteiger partial charge in [0.25, 0.3) is 10.1 Å². The van der Waals surface area contributed by atoms with Gasteiger partial charge in [-0.1, -0.05) is 6.58 Å². The molecule has 0 aliphatic rings. The van der Waals surface area contributed by atoms with E-state index in [2.05, 4.69) is 6.58 Å². The van der Waals surface area contributed by atoms with Gasteiger partial charge in [-0.05, 0) is 36.5 Å². The predicted molar refractivity (Wildman–Crippen MR) is 77.9 cm³/mol. The van der Waals surface area contributed by atoms with Crippen molar-refractivity contribution < 1.29 is 17.8 Å². The third-order valence-corrected chi connectivity index (χ3v) is 7.50. The summed E-state index contributed by atoms with van der Waals surface area (Å²) in [6.45, 7) is 3.49. The van der Waals surface area contributed by atoms with Crippen LogP contribution in [0.2, 0.25) is 0 Å². The van der Waals surface area contributed by atoms with Gasteiger partial charge in [0.15, 0.2) is 5.12 Å². The molecular formula is C10H20O4S3. The van der Waals surface area contributed by atoms with Crippen LogP contribution in [-0.2, 0) is 14.9 Å². The van der Waals surface area contributed by atoms with Gasteiger partial charge in [0.1, 0.15) is 0 Å². The predicted octanol–water partition coefficient (Wildman–Crippen LogP) is 1.77. The average molecular weight is 300 g/mol. The molecule has 0 aliphatic heterocycles. The maximum absolute atomic E-state index is 11.8. The van der Waals surface area contributed by atoms with E-state index in [-0.39, 0.29) is 10.9 Å². The second-order valence-electron chi connectivity index (χ2n) is 3.84. The molecule has 0 aromatic rings. The molecule has 0 radical (unpaired) electrons. The number of rotatable bonds is 8. The molecule has 1 atom stereocenters. The van der Waals surface area contributed by atoms with Crippen molar-refractivity contribution in [1.82, 2.24) is 0 Å². The van der Waals surface area contributed by atoms with Gasteiger partial charge in [-0.25, -0.2) is 0 Å². The van der Waals surface area contributed by atoms with Crippen molar-refractivity contribution in [2.45, 2.75) is 6.42 Å². The van der Waals surface area contributed by atoms with Gasteiger partial charge in [-0.2, -0.15) is 30.2 Å². The summed E-state index contributed by atoms with van der Waals surface area (Å²) in [7, 11) is -5.43. The van der Waals surface area contributed by atoms with Crippen molar-refractivity contribution in [3.63, 3.8) is 0 Å². The third-order valence-electron chi connectivity index (χ3n) is 2.39. The van der Waals surface area contributed by atoms with Gasteiger partial charge >= 0.3 is 0 Å². The van der Waals surface area contributed by atoms with Crippen LogP contribution >= 0.6 is 21.8 Å². The Morgan fingerprint density at radius 1 is 1.35 bits per heavy atom. The lowest BCUT2D eigenvalue weighted by Crippen LogP contribution is -2.19. The standard InChI is InChI=1S/C10H20O4S3/c1-4-10(11)16(3,9-6-15-2)7-5-8-17(12,13)14/h4H,1,5-9H2,2-3H3,(H,12,13,14). The average Bonchev–Trinajstić information content (AvgIpc) is 2.23. The highest BCUT2D eigenvalue weighted by Crippen LogP contribution is 2.46. The molecule has 0 rings (SSSR count). The minimum Gasteiger partial charge on any atom is -0.286 e. The lowest BCUT2D eigenvalue weighted by molar-refractivity contribution is -0.107. The fourth-order valence-electron chi connectivity index (χ4n) is 1.33. The summed E-state index contributed by atoms with van der Waals surface area (Å²) in [4.78, 5) is 11.8. The van der Waals surface area contributed by atoms with Crippen molar-refractivity contribution in [2.75, 3.05) is 35.5 Å². The van der Waals surface area contributed by atoms with Crippen molar-refractivity contribution in [3.8, 4) is 0 Å². The van der Waals surface area contributed by atoms with E-state index in [9.17, 15) is 13.2 Å². The fraction of sp³-hybridized carbons (Fsp3) is 0.700. The minimum absolute atomic E-state index is 0.0156. The molecule has 0 heterocycles. The van der Waals surface area contributed by atoms with Crippen LogP contribution in [0.5, 0.6) is 0 Å². The van der Waals surface area contributed by atoms with E-state index >= 15 is 0 Å². The van der Waals surface area contributed by atoms with Gasteiger partial charge in [-0.15, -0.1) is 0 Å². The molecule has 102 valence electrons. The van der Waals surface area contributed by atoms with E-state index < -0.39 is 20.1 Å². The number of thioether (sulfide) groups is 1. The molecule has 0 bridgehead atoms. The number of hydrogen-bond donors (Lipinski definition) is 1. The number of hydrogen-bond acceptors (Lipinski definition) is 4. The molecule has 4 nitrogen and oxygen atoms in total. The first-order valence-corrected chi connectivity index (χ1v) is 10.5. The molecule has 1 N–H and O–H groups in total. The zero-order valence-corrected chi connectivity index (χ0v) is 12.7. The van der Waals surface area contributed by atoms with Crippen molar-refractivity contribution in [3.05, 3.63) is 12.7 Å². The molecule has 0 aromatic heterocycles. The highest BCUT2D eigenvalue weighted by Gasteiger charge is 2.24. The Kier molecular flexibility index (Phi) is 7.46. The molecule has 0 spiro atoms. The summed E-state index contributed by atoms with van der Waals surface area (Å²) in [5.74, 6) is 1.89. The maximum atomic E-state index is 11.8. The second kappa shape index (κ2) is 7.45. The Hall–Kier alpha value is 0.0200. The van der Waals surface area contributed by atoms with Gasteiger partial charge < -0.3 is 0 Å². The Morgan fingerprint density at radius 3 is 2.35 bits per heavy atom. The monoisotopic (exact) mass is 300 g/mol. The zero-order valence-electron chi connectivity index (χ0n) is 10.2. The maximum Gasteiger partial charge on any atom is 0.264 e. The van der Waals surface area contributed by atoms with E-state index in [4.69, 9.17) is 4.55 Å². The largest absolute Gasteiger partial charge is 0.286 e. The summed E-state index contributed by atoms with van der Waals surface area (Å²) in [5.41, 5.74) is 0. The molecule has 0 aromatic carbocycles. The van der Waals surface area contributed by atoms with Gasteiger partial charge in [0.2, 0.25) is 0 Å². The lowest BCUT2D eigenvalue weighted by atomic mass is 10.6. The highest BCUT2D eigenvalue weighted by atomic mass is 32.3. The van der Waals surface area contributed by atoms with Gasteiger partial charge in [-0.3, -0.25) is 9.35 Å². The molecule has 7 heteroatoms. The van der Waals surface area contributed by atoms with Crippen LogP contribution < -0.4 is 0 Å². The normalized spacial score (nSPS) is 17.1. The van der Waals surface area contributed by atoms with E-state index in [0.29, 0.717) is 12.2 Å². The van der Waals surface area contributed by atoms with Crippen LogP contribution in [0.1, 0.15) is 6.42 Å². The van der Waals surface area contributed by atoms with Crippen LogP contribution in [0.25, 0.3) is 0 Å². The number of carbonyl (C=O) groups excluding carboxylic acids is 1. The molecule has 1 unspecified atom stereocenters. The first-order valence-electron chi connectivity index (χ1n) is 5.09. The fourth-order valence-corrected chi connectivity index (χ4v) is 5.95. The SMILES string of the molecule is C=CC(=O)S(C)(CCCS(=O)(=O)O)CCSC. The van der Waals surface area contributed by atoms with E-state index in [1.165, 1.54) is 6.08 Å². The molecule has 0 saturated heterocycles. The lowest BCUT2D eigenvalue weighted by Gasteiger charge is -2.32. The molecule has 0 saturated carbocycles. The zero-order chi connectivity index (χ0) is 13.5. The van der Waals surface area contributed by atoms with Crippen LogP contribution in [-0.4, -0.2) is 53.6 Å². The van der Waals surface area contributed by atoms with Gasteiger partial charge in [0, 0.05) is 5.75 Å². The van der Waals surface area contributed by atoms with Crippen LogP contribution in [0, 0.1) is 0 Å². The third kappa shape index (κ3) is 7.13. The van der Waals surface area contributed by atoms with Gasteiger partial charge in [0.05, 0.1) is 5.75 Å². The van der Waals surface area contributed by atoms with Crippen molar-refractivity contribution in [1.29, 1.82) is 0 Å². The Balaban J connectivity index is 4.49. The Bertz CT molecular complexity index is 364. The summed E-state index contributed by atoms with van der Waals surface area (Å²) >= 11 is 1.66. The quantitative estimate of drug-likeness (QED) is 0.546. The Labute approximate surface area is 109 Å². The van der Waals surface area contributed by atoms with E-state index in [0.717, 1.165) is 11.5 Å². The topological polar surface area (TPSA) is 71.4 Å². The van der Waals surface area contributed by atoms with Crippen LogP contribution in [0.4, 0.5) is 0 Å². The molecule has 0 amide bonds. The molecule has 0 fully saturated rings. The highest BCUT2D eigenvalue weighted by molar-refractivity contribution is 8.45. The molecule has 17 heavy (non-hydrogen) atoms. The summed E-state index contributed by atoms with van der Waals surface area (Å²) in [6, 6.07) is 0. The Morgan fingerprint density at radius 2 is 1.94 bits per heavy atom. The first kappa shape index (κ1) is 17.0. The number of carbonyl (C=O) groups is 1. The second-order valence-corrected chi connectivity index (χ2v) is 10.2. The van der Waals surface area contributed by atoms with E-state index in [1.54, 1.807) is 11.8 Å². The van der Waals surface area contributed by atoms with Crippen molar-refractivity contribution >= 4 is 37.0 Å². The van der Waals surface area contributed by atoms with E-state index in [1.807, 2.05) is 12.5 Å². The van der Waals surface area contributed by atoms with Crippen LogP contribution in [0.3, 0.4) is 0 Å². The molecular weight excluding hydrogens is 280 g/mol. The molecule has 0 aliphatic carbocycles. The van der Waals surface area contributed by atoms with Crippen molar-refractivity contribution in [2.24, 2.45) is 0 Å². The first-order chi connectivity index (χ1) is 7.75. The van der Waals surface area contributed by atoms with Crippen LogP contribution in [0.15, 0.2) is 12.7 Å².